The lowest BCUT2D eigenvalue weighted by Crippen LogP contribution is -2.58. The van der Waals surface area contributed by atoms with Gasteiger partial charge in [0.05, 0.1) is 12.0 Å². The van der Waals surface area contributed by atoms with Gasteiger partial charge in [-0.25, -0.2) is 0 Å². The number of hydrogen-bond acceptors (Lipinski definition) is 3. The molecule has 7 nitrogen and oxygen atoms in total. The van der Waals surface area contributed by atoms with Gasteiger partial charge in [-0.15, -0.1) is 0 Å². The van der Waals surface area contributed by atoms with Crippen molar-refractivity contribution in [2.24, 2.45) is 11.8 Å². The highest BCUT2D eigenvalue weighted by atomic mass is 16.2. The van der Waals surface area contributed by atoms with Crippen molar-refractivity contribution in [2.45, 2.75) is 70.5 Å². The molecule has 7 heteroatoms. The van der Waals surface area contributed by atoms with Crippen LogP contribution in [0.3, 0.4) is 0 Å². The highest BCUT2D eigenvalue weighted by molar-refractivity contribution is 5.96. The van der Waals surface area contributed by atoms with E-state index in [1.165, 1.54) is 12.8 Å². The number of carbonyl (C=O) groups excluding carboxylic acids is 3. The summed E-state index contributed by atoms with van der Waals surface area (Å²) in [7, 11) is 0. The Morgan fingerprint density at radius 3 is 2.69 bits per heavy atom. The van der Waals surface area contributed by atoms with Gasteiger partial charge in [0, 0.05) is 24.8 Å². The quantitative estimate of drug-likeness (QED) is 0.794. The van der Waals surface area contributed by atoms with E-state index in [0.717, 1.165) is 19.3 Å². The molecule has 1 saturated carbocycles. The van der Waals surface area contributed by atoms with Gasteiger partial charge in [-0.3, -0.25) is 14.4 Å². The largest absolute Gasteiger partial charge is 0.357 e. The number of nitrogens with one attached hydrogen (secondary N) is 2. The van der Waals surface area contributed by atoms with Crippen LogP contribution in [0.1, 0.15) is 62.9 Å². The van der Waals surface area contributed by atoms with Crippen molar-refractivity contribution in [2.75, 3.05) is 13.1 Å². The number of piperazine rings is 1. The third-order valence-corrected chi connectivity index (χ3v) is 6.65. The minimum absolute atomic E-state index is 0.0389. The van der Waals surface area contributed by atoms with E-state index in [1.54, 1.807) is 23.2 Å². The normalized spacial score (nSPS) is 27.6. The molecule has 0 radical (unpaired) electrons. The van der Waals surface area contributed by atoms with Crippen molar-refractivity contribution in [1.82, 2.24) is 20.1 Å². The summed E-state index contributed by atoms with van der Waals surface area (Å²) in [5, 5.41) is 3.24. The molecule has 2 N–H and O–H groups in total. The number of rotatable bonds is 5. The van der Waals surface area contributed by atoms with Gasteiger partial charge in [0.2, 0.25) is 11.8 Å². The maximum absolute atomic E-state index is 13.1. The third-order valence-electron chi connectivity index (χ3n) is 6.65. The van der Waals surface area contributed by atoms with Crippen LogP contribution in [0, 0.1) is 11.8 Å². The topological polar surface area (TPSA) is 85.5 Å². The monoisotopic (exact) mass is 400 g/mol. The zero-order valence-corrected chi connectivity index (χ0v) is 17.4. The van der Waals surface area contributed by atoms with Crippen LogP contribution in [0.15, 0.2) is 18.3 Å². The van der Waals surface area contributed by atoms with Gasteiger partial charge >= 0.3 is 0 Å². The fourth-order valence-electron chi connectivity index (χ4n) is 5.35. The zero-order valence-electron chi connectivity index (χ0n) is 17.4. The summed E-state index contributed by atoms with van der Waals surface area (Å²) in [5.41, 5.74) is 0.499. The Morgan fingerprint density at radius 1 is 1.28 bits per heavy atom. The zero-order chi connectivity index (χ0) is 20.5. The van der Waals surface area contributed by atoms with Gasteiger partial charge in [-0.2, -0.15) is 0 Å². The van der Waals surface area contributed by atoms with Gasteiger partial charge in [0.1, 0.15) is 12.2 Å². The van der Waals surface area contributed by atoms with E-state index >= 15 is 0 Å². The fourth-order valence-corrected chi connectivity index (χ4v) is 5.35. The number of amides is 3. The van der Waals surface area contributed by atoms with Crippen molar-refractivity contribution in [3.8, 4) is 0 Å². The second-order valence-electron chi connectivity index (χ2n) is 9.25. The second kappa shape index (κ2) is 8.20. The molecular formula is C22H32N4O3. The summed E-state index contributed by atoms with van der Waals surface area (Å²) >= 11 is 0. The molecule has 3 heterocycles. The number of aromatic amines is 1. The average molecular weight is 401 g/mol. The van der Waals surface area contributed by atoms with Crippen molar-refractivity contribution < 1.29 is 14.4 Å². The molecule has 1 aromatic heterocycles. The standard InChI is InChI=1S/C22H32N4O3/c1-14(2)10-19-17(21(28)24-15-6-3-4-7-15)11-16-12-25(13-20(27)26(16)19)22(29)18-8-5-9-23-18/h5,8-9,14-17,19,23H,3-4,6-7,10-13H2,1-2H3,(H,24,28)/t16-,17-,19-/m0/s1. The summed E-state index contributed by atoms with van der Waals surface area (Å²) in [4.78, 5) is 45.4. The van der Waals surface area contributed by atoms with E-state index in [9.17, 15) is 14.4 Å². The van der Waals surface area contributed by atoms with E-state index < -0.39 is 0 Å². The number of aromatic nitrogens is 1. The van der Waals surface area contributed by atoms with Crippen LogP contribution in [0.4, 0.5) is 0 Å². The molecule has 4 rings (SSSR count). The lowest BCUT2D eigenvalue weighted by atomic mass is 9.91. The molecule has 1 aliphatic carbocycles. The fraction of sp³-hybridized carbons (Fsp3) is 0.682. The molecule has 2 saturated heterocycles. The lowest BCUT2D eigenvalue weighted by Gasteiger charge is -2.40. The number of fused-ring (bicyclic) bond motifs is 1. The van der Waals surface area contributed by atoms with Gasteiger partial charge in [0.15, 0.2) is 0 Å². The highest BCUT2D eigenvalue weighted by Crippen LogP contribution is 2.37. The van der Waals surface area contributed by atoms with Gasteiger partial charge < -0.3 is 20.1 Å². The number of carbonyl (C=O) groups is 3. The molecule has 3 fully saturated rings. The Morgan fingerprint density at radius 2 is 2.03 bits per heavy atom. The molecular weight excluding hydrogens is 368 g/mol. The first-order valence-electron chi connectivity index (χ1n) is 11.0. The summed E-state index contributed by atoms with van der Waals surface area (Å²) < 4.78 is 0. The Balaban J connectivity index is 1.50. The number of H-pyrrole nitrogens is 1. The molecule has 3 amide bonds. The van der Waals surface area contributed by atoms with Crippen LogP contribution in [-0.4, -0.2) is 63.7 Å². The first kappa shape index (κ1) is 20.0. The summed E-state index contributed by atoms with van der Waals surface area (Å²) in [5.74, 6) is 0.108. The molecule has 3 atom stereocenters. The van der Waals surface area contributed by atoms with Crippen molar-refractivity contribution >= 4 is 17.7 Å². The number of hydrogen-bond donors (Lipinski definition) is 2. The maximum Gasteiger partial charge on any atom is 0.270 e. The van der Waals surface area contributed by atoms with Crippen LogP contribution in [0.5, 0.6) is 0 Å². The molecule has 158 valence electrons. The number of nitrogens with zero attached hydrogens (tertiary/aromatic N) is 2. The Hall–Kier alpha value is -2.31. The van der Waals surface area contributed by atoms with Crippen LogP contribution in [0.2, 0.25) is 0 Å². The summed E-state index contributed by atoms with van der Waals surface area (Å²) in [6.07, 6.45) is 7.62. The predicted molar refractivity (Wildman–Crippen MR) is 109 cm³/mol. The molecule has 3 aliphatic rings. The lowest BCUT2D eigenvalue weighted by molar-refractivity contribution is -0.140. The van der Waals surface area contributed by atoms with E-state index in [1.807, 2.05) is 4.90 Å². The van der Waals surface area contributed by atoms with E-state index in [-0.39, 0.29) is 48.3 Å². The SMILES string of the molecule is CC(C)C[C@H]1[C@@H](C(=O)NC2CCCC2)C[C@H]2CN(C(=O)c3ccc[nH]3)CC(=O)N21. The van der Waals surface area contributed by atoms with E-state index in [4.69, 9.17) is 0 Å². The molecule has 0 aromatic carbocycles. The minimum atomic E-state index is -0.188. The molecule has 29 heavy (non-hydrogen) atoms. The van der Waals surface area contributed by atoms with Crippen LogP contribution in [0.25, 0.3) is 0 Å². The van der Waals surface area contributed by atoms with Crippen molar-refractivity contribution in [1.29, 1.82) is 0 Å². The highest BCUT2D eigenvalue weighted by Gasteiger charge is 2.50. The molecule has 1 aromatic rings. The third kappa shape index (κ3) is 4.05. The van der Waals surface area contributed by atoms with Crippen LogP contribution in [-0.2, 0) is 9.59 Å². The molecule has 0 unspecified atom stereocenters. The first-order chi connectivity index (χ1) is 13.9. The maximum atomic E-state index is 13.1. The first-order valence-corrected chi connectivity index (χ1v) is 11.0. The van der Waals surface area contributed by atoms with E-state index in [2.05, 4.69) is 24.1 Å². The Labute approximate surface area is 172 Å². The smallest absolute Gasteiger partial charge is 0.270 e. The predicted octanol–water partition coefficient (Wildman–Crippen LogP) is 2.16. The van der Waals surface area contributed by atoms with Crippen molar-refractivity contribution in [3.05, 3.63) is 24.0 Å². The summed E-state index contributed by atoms with van der Waals surface area (Å²) in [6, 6.07) is 3.63. The van der Waals surface area contributed by atoms with Gasteiger partial charge in [-0.1, -0.05) is 26.7 Å². The second-order valence-corrected chi connectivity index (χ2v) is 9.25. The molecule has 0 spiro atoms. The Bertz CT molecular complexity index is 754. The van der Waals surface area contributed by atoms with Crippen LogP contribution < -0.4 is 5.32 Å². The van der Waals surface area contributed by atoms with Gasteiger partial charge in [-0.05, 0) is 43.7 Å². The molecule has 0 bridgehead atoms. The van der Waals surface area contributed by atoms with E-state index in [0.29, 0.717) is 24.6 Å². The van der Waals surface area contributed by atoms with Crippen molar-refractivity contribution in [3.63, 3.8) is 0 Å². The molecule has 2 aliphatic heterocycles. The average Bonchev–Trinajstić information content (AvgIpc) is 3.41. The van der Waals surface area contributed by atoms with Gasteiger partial charge in [0.25, 0.3) is 5.91 Å². The minimum Gasteiger partial charge on any atom is -0.357 e. The van der Waals surface area contributed by atoms with Crippen LogP contribution >= 0.6 is 0 Å². The summed E-state index contributed by atoms with van der Waals surface area (Å²) in [6.45, 7) is 4.84. The Kier molecular flexibility index (Phi) is 5.65.